The van der Waals surface area contributed by atoms with Crippen molar-refractivity contribution in [2.24, 2.45) is 0 Å². The Hall–Kier alpha value is -5.21. The molecule has 0 aliphatic heterocycles. The Morgan fingerprint density at radius 2 is 1.54 bits per heavy atom. The zero-order valence-corrected chi connectivity index (χ0v) is 23.6. The first kappa shape index (κ1) is 26.0. The maximum absolute atomic E-state index is 10.8. The molecule has 0 amide bonds. The predicted molar refractivity (Wildman–Crippen MR) is 165 cm³/mol. The van der Waals surface area contributed by atoms with E-state index in [1.54, 1.807) is 12.3 Å². The maximum Gasteiger partial charge on any atom is 0.145 e. The number of aryl methyl sites for hydroxylation is 1. The monoisotopic (exact) mass is 534 g/mol. The summed E-state index contributed by atoms with van der Waals surface area (Å²) in [6.07, 6.45) is 3.65. The van der Waals surface area contributed by atoms with Crippen molar-refractivity contribution in [3.63, 3.8) is 0 Å². The van der Waals surface area contributed by atoms with Crippen molar-refractivity contribution in [2.45, 2.75) is 33.1 Å². The fourth-order valence-electron chi connectivity index (χ4n) is 5.26. The molecule has 0 aliphatic carbocycles. The average Bonchev–Trinajstić information content (AvgIpc) is 3.33. The van der Waals surface area contributed by atoms with E-state index >= 15 is 0 Å². The Bertz CT molecular complexity index is 1960. The van der Waals surface area contributed by atoms with Crippen LogP contribution in [0.15, 0.2) is 103 Å². The summed E-state index contributed by atoms with van der Waals surface area (Å²) in [6, 6.07) is 32.3. The van der Waals surface area contributed by atoms with E-state index in [2.05, 4.69) is 54.4 Å². The molecule has 41 heavy (non-hydrogen) atoms. The van der Waals surface area contributed by atoms with E-state index in [-0.39, 0.29) is 11.2 Å². The standard InChI is InChI=1S/C36H30N4O/c1-23-34(31-19-28(36(2,3)4)15-16-33(31)41)39-35-29(14-9-17-40(23)35)25-12-8-13-26(18-25)32-20-30(27(21-37)22-38-32)24-10-6-5-7-11-24/h5-20,22,41H,1-4H3. The second-order valence-corrected chi connectivity index (χ2v) is 11.3. The van der Waals surface area contributed by atoms with Crippen molar-refractivity contribution in [1.82, 2.24) is 14.4 Å². The van der Waals surface area contributed by atoms with Crippen LogP contribution in [0.25, 0.3) is 50.4 Å². The van der Waals surface area contributed by atoms with E-state index < -0.39 is 0 Å². The third-order valence-corrected chi connectivity index (χ3v) is 7.59. The number of rotatable bonds is 4. The number of hydrogen-bond acceptors (Lipinski definition) is 4. The van der Waals surface area contributed by atoms with Gasteiger partial charge in [0, 0.05) is 40.3 Å². The van der Waals surface area contributed by atoms with Gasteiger partial charge in [0.25, 0.3) is 0 Å². The zero-order chi connectivity index (χ0) is 28.7. The van der Waals surface area contributed by atoms with Gasteiger partial charge in [0.2, 0.25) is 0 Å². The summed E-state index contributed by atoms with van der Waals surface area (Å²) in [5.41, 5.74) is 10.5. The summed E-state index contributed by atoms with van der Waals surface area (Å²) in [5.74, 6) is 0.217. The molecule has 0 radical (unpaired) electrons. The number of phenolic OH excluding ortho intramolecular Hbond substituents is 1. The molecule has 0 unspecified atom stereocenters. The number of aromatic nitrogens is 3. The number of benzene rings is 3. The van der Waals surface area contributed by atoms with Crippen LogP contribution in [0.1, 0.15) is 37.6 Å². The van der Waals surface area contributed by atoms with E-state index in [0.717, 1.165) is 61.7 Å². The van der Waals surface area contributed by atoms with E-state index in [0.29, 0.717) is 5.56 Å². The lowest BCUT2D eigenvalue weighted by Gasteiger charge is -2.20. The van der Waals surface area contributed by atoms with Crippen LogP contribution < -0.4 is 0 Å². The van der Waals surface area contributed by atoms with Crippen LogP contribution in [0, 0.1) is 18.3 Å². The van der Waals surface area contributed by atoms with Gasteiger partial charge in [0.1, 0.15) is 17.5 Å². The Kier molecular flexibility index (Phi) is 6.40. The molecule has 3 heterocycles. The molecule has 6 aromatic rings. The highest BCUT2D eigenvalue weighted by molar-refractivity contribution is 5.84. The highest BCUT2D eigenvalue weighted by Gasteiger charge is 2.21. The normalized spacial score (nSPS) is 11.5. The second kappa shape index (κ2) is 10.1. The predicted octanol–water partition coefficient (Wildman–Crippen LogP) is 8.58. The number of nitrogens with zero attached hydrogens (tertiary/aromatic N) is 4. The molecule has 0 spiro atoms. The fraction of sp³-hybridized carbons (Fsp3) is 0.139. The van der Waals surface area contributed by atoms with Gasteiger partial charge in [-0.15, -0.1) is 0 Å². The summed E-state index contributed by atoms with van der Waals surface area (Å²) in [4.78, 5) is 9.70. The van der Waals surface area contributed by atoms with Gasteiger partial charge in [-0.1, -0.05) is 75.4 Å². The number of hydrogen-bond donors (Lipinski definition) is 1. The summed E-state index contributed by atoms with van der Waals surface area (Å²) >= 11 is 0. The molecule has 5 heteroatoms. The van der Waals surface area contributed by atoms with Gasteiger partial charge in [0.05, 0.1) is 17.0 Å². The van der Waals surface area contributed by atoms with Crippen LogP contribution >= 0.6 is 0 Å². The minimum Gasteiger partial charge on any atom is -0.507 e. The van der Waals surface area contributed by atoms with Crippen molar-refractivity contribution >= 4 is 5.65 Å². The molecule has 0 saturated carbocycles. The number of aromatic hydroxyl groups is 1. The molecule has 3 aromatic heterocycles. The van der Waals surface area contributed by atoms with Gasteiger partial charge in [-0.3, -0.25) is 4.98 Å². The molecule has 200 valence electrons. The minimum atomic E-state index is -0.0546. The van der Waals surface area contributed by atoms with Crippen molar-refractivity contribution < 1.29 is 5.11 Å². The molecule has 5 nitrogen and oxygen atoms in total. The quantitative estimate of drug-likeness (QED) is 0.246. The average molecular weight is 535 g/mol. The van der Waals surface area contributed by atoms with Gasteiger partial charge in [0.15, 0.2) is 0 Å². The fourth-order valence-corrected chi connectivity index (χ4v) is 5.26. The van der Waals surface area contributed by atoms with E-state index in [1.807, 2.05) is 79.9 Å². The van der Waals surface area contributed by atoms with Crippen LogP contribution in [0.5, 0.6) is 5.75 Å². The Morgan fingerprint density at radius 1 is 0.780 bits per heavy atom. The smallest absolute Gasteiger partial charge is 0.145 e. The third kappa shape index (κ3) is 4.74. The Morgan fingerprint density at radius 3 is 2.29 bits per heavy atom. The summed E-state index contributed by atoms with van der Waals surface area (Å²) in [6.45, 7) is 8.52. The lowest BCUT2D eigenvalue weighted by atomic mass is 9.85. The van der Waals surface area contributed by atoms with Crippen LogP contribution in [-0.4, -0.2) is 19.5 Å². The van der Waals surface area contributed by atoms with Gasteiger partial charge >= 0.3 is 0 Å². The molecule has 0 aliphatic rings. The SMILES string of the molecule is Cc1c(-c2cc(C(C)(C)C)ccc2O)nc2c(-c3cccc(-c4cc(-c5ccccc5)c(C#N)cn4)c3)cccn12. The molecule has 3 aromatic carbocycles. The zero-order valence-electron chi connectivity index (χ0n) is 23.6. The molecule has 6 rings (SSSR count). The number of nitriles is 1. The minimum absolute atomic E-state index is 0.0546. The number of pyridine rings is 2. The molecular formula is C36H30N4O. The Labute approximate surface area is 240 Å². The van der Waals surface area contributed by atoms with Crippen molar-refractivity contribution in [1.29, 1.82) is 5.26 Å². The first-order valence-electron chi connectivity index (χ1n) is 13.6. The third-order valence-electron chi connectivity index (χ3n) is 7.59. The van der Waals surface area contributed by atoms with Crippen LogP contribution in [0.3, 0.4) is 0 Å². The Balaban J connectivity index is 1.47. The van der Waals surface area contributed by atoms with E-state index in [4.69, 9.17) is 4.98 Å². The molecule has 0 saturated heterocycles. The van der Waals surface area contributed by atoms with Gasteiger partial charge in [-0.25, -0.2) is 4.98 Å². The second-order valence-electron chi connectivity index (χ2n) is 11.3. The van der Waals surface area contributed by atoms with Gasteiger partial charge in [-0.05, 0) is 65.4 Å². The first-order chi connectivity index (χ1) is 19.7. The molecule has 1 N–H and O–H groups in total. The van der Waals surface area contributed by atoms with E-state index in [9.17, 15) is 10.4 Å². The summed E-state index contributed by atoms with van der Waals surface area (Å²) < 4.78 is 2.08. The largest absolute Gasteiger partial charge is 0.507 e. The topological polar surface area (TPSA) is 74.2 Å². The highest BCUT2D eigenvalue weighted by Crippen LogP contribution is 2.38. The summed E-state index contributed by atoms with van der Waals surface area (Å²) in [7, 11) is 0. The lowest BCUT2D eigenvalue weighted by Crippen LogP contribution is -2.10. The molecule has 0 atom stereocenters. The van der Waals surface area contributed by atoms with E-state index in [1.165, 1.54) is 0 Å². The molecular weight excluding hydrogens is 504 g/mol. The number of fused-ring (bicyclic) bond motifs is 1. The first-order valence-corrected chi connectivity index (χ1v) is 13.6. The van der Waals surface area contributed by atoms with Crippen molar-refractivity contribution in [3.05, 3.63) is 120 Å². The van der Waals surface area contributed by atoms with Crippen molar-refractivity contribution in [2.75, 3.05) is 0 Å². The lowest BCUT2D eigenvalue weighted by molar-refractivity contribution is 0.476. The van der Waals surface area contributed by atoms with Gasteiger partial charge < -0.3 is 9.51 Å². The highest BCUT2D eigenvalue weighted by atomic mass is 16.3. The maximum atomic E-state index is 10.8. The van der Waals surface area contributed by atoms with Crippen LogP contribution in [0.4, 0.5) is 0 Å². The van der Waals surface area contributed by atoms with Crippen LogP contribution in [0.2, 0.25) is 0 Å². The van der Waals surface area contributed by atoms with Gasteiger partial charge in [-0.2, -0.15) is 5.26 Å². The summed E-state index contributed by atoms with van der Waals surface area (Å²) in [5, 5.41) is 20.5. The molecule has 0 fully saturated rings. The van der Waals surface area contributed by atoms with Crippen LogP contribution in [-0.2, 0) is 5.41 Å². The van der Waals surface area contributed by atoms with Crippen molar-refractivity contribution in [3.8, 4) is 56.6 Å². The number of imidazole rings is 1. The molecule has 0 bridgehead atoms. The number of phenols is 1.